The van der Waals surface area contributed by atoms with E-state index in [1.807, 2.05) is 0 Å². The van der Waals surface area contributed by atoms with Gasteiger partial charge in [-0.1, -0.05) is 0 Å². The first-order valence-electron chi connectivity index (χ1n) is 4.52. The summed E-state index contributed by atoms with van der Waals surface area (Å²) in [5.74, 6) is 0. The Morgan fingerprint density at radius 2 is 1.08 bits per heavy atom. The molecule has 0 bridgehead atoms. The summed E-state index contributed by atoms with van der Waals surface area (Å²) in [5, 5.41) is 0. The highest BCUT2D eigenvalue weighted by molar-refractivity contribution is 6.79. The molecule has 0 spiro atoms. The van der Waals surface area contributed by atoms with E-state index < -0.39 is 26.2 Å². The molecule has 0 saturated heterocycles. The van der Waals surface area contributed by atoms with Gasteiger partial charge in [-0.25, -0.2) is 0 Å². The van der Waals surface area contributed by atoms with Gasteiger partial charge < -0.3 is 12.7 Å². The van der Waals surface area contributed by atoms with Crippen molar-refractivity contribution in [2.24, 2.45) is 0 Å². The van der Waals surface area contributed by atoms with E-state index >= 15 is 0 Å². The molecule has 0 aromatic rings. The van der Waals surface area contributed by atoms with Gasteiger partial charge in [-0.15, -0.1) is 0 Å². The van der Waals surface area contributed by atoms with Crippen LogP contribution in [0.1, 0.15) is 0 Å². The van der Waals surface area contributed by atoms with Crippen molar-refractivity contribution in [3.05, 3.63) is 0 Å². The summed E-state index contributed by atoms with van der Waals surface area (Å²) in [4.78, 5) is 0. The molecule has 0 radical (unpaired) electrons. The summed E-state index contributed by atoms with van der Waals surface area (Å²) >= 11 is 0. The van der Waals surface area contributed by atoms with Gasteiger partial charge in [0.2, 0.25) is 0 Å². The topological polar surface area (TPSA) is 27.7 Å². The molecular formula is C7H22O3Si3. The van der Waals surface area contributed by atoms with Gasteiger partial charge in [-0.05, 0) is 39.3 Å². The average Bonchev–Trinajstić information content (AvgIpc) is 1.79. The van der Waals surface area contributed by atoms with E-state index in [-0.39, 0.29) is 0 Å². The van der Waals surface area contributed by atoms with E-state index in [1.165, 1.54) is 0 Å². The van der Waals surface area contributed by atoms with Crippen LogP contribution in [0.3, 0.4) is 0 Å². The zero-order valence-corrected chi connectivity index (χ0v) is 13.0. The summed E-state index contributed by atoms with van der Waals surface area (Å²) in [6.45, 7) is 12.9. The Hall–Kier alpha value is 0.531. The van der Waals surface area contributed by atoms with Crippen molar-refractivity contribution < 1.29 is 12.7 Å². The molecule has 0 unspecified atom stereocenters. The van der Waals surface area contributed by atoms with Gasteiger partial charge in [0.15, 0.2) is 16.6 Å². The molecular weight excluding hydrogens is 216 g/mol. The fourth-order valence-corrected chi connectivity index (χ4v) is 6.71. The fraction of sp³-hybridized carbons (Fsp3) is 1.00. The first-order chi connectivity index (χ1) is 5.64. The second kappa shape index (κ2) is 4.85. The van der Waals surface area contributed by atoms with Crippen molar-refractivity contribution in [2.45, 2.75) is 39.3 Å². The van der Waals surface area contributed by atoms with Crippen LogP contribution in [0.5, 0.6) is 0 Å². The van der Waals surface area contributed by atoms with Gasteiger partial charge >= 0.3 is 9.53 Å². The SMILES string of the molecule is CO[SiH](O[Si](C)(C)C)O[Si](C)(C)C. The molecule has 0 aromatic heterocycles. The van der Waals surface area contributed by atoms with E-state index in [9.17, 15) is 0 Å². The first-order valence-corrected chi connectivity index (χ1v) is 12.8. The molecule has 0 N–H and O–H groups in total. The standard InChI is InChI=1S/C7H22O3Si3/c1-8-11(9-12(2,3)4)10-13(5,6)7/h11H,1-7H3. The maximum atomic E-state index is 5.83. The van der Waals surface area contributed by atoms with E-state index in [1.54, 1.807) is 7.11 Å². The van der Waals surface area contributed by atoms with Crippen molar-refractivity contribution >= 4 is 26.2 Å². The highest BCUT2D eigenvalue weighted by atomic mass is 28.5. The molecule has 0 rings (SSSR count). The highest BCUT2D eigenvalue weighted by Gasteiger charge is 2.29. The fourth-order valence-electron chi connectivity index (χ4n) is 0.698. The summed E-state index contributed by atoms with van der Waals surface area (Å²) in [6.07, 6.45) is 0. The van der Waals surface area contributed by atoms with Gasteiger partial charge in [0.25, 0.3) is 0 Å². The Morgan fingerprint density at radius 1 is 0.769 bits per heavy atom. The third kappa shape index (κ3) is 8.85. The predicted octanol–water partition coefficient (Wildman–Crippen LogP) is 2.05. The van der Waals surface area contributed by atoms with Crippen LogP contribution in [0.25, 0.3) is 0 Å². The Morgan fingerprint density at radius 3 is 1.23 bits per heavy atom. The maximum absolute atomic E-state index is 5.83. The Bertz CT molecular complexity index is 134. The van der Waals surface area contributed by atoms with Crippen molar-refractivity contribution in [2.75, 3.05) is 7.11 Å². The van der Waals surface area contributed by atoms with Gasteiger partial charge in [-0.2, -0.15) is 0 Å². The quantitative estimate of drug-likeness (QED) is 0.686. The third-order valence-corrected chi connectivity index (χ3v) is 8.67. The number of hydrogen-bond acceptors (Lipinski definition) is 3. The van der Waals surface area contributed by atoms with Crippen LogP contribution >= 0.6 is 0 Å². The molecule has 80 valence electrons. The van der Waals surface area contributed by atoms with Crippen molar-refractivity contribution in [3.8, 4) is 0 Å². The molecule has 6 heteroatoms. The van der Waals surface area contributed by atoms with E-state index in [0.717, 1.165) is 0 Å². The summed E-state index contributed by atoms with van der Waals surface area (Å²) in [5.41, 5.74) is 0. The molecule has 13 heavy (non-hydrogen) atoms. The minimum absolute atomic E-state index is 1.51. The number of hydrogen-bond donors (Lipinski definition) is 0. The van der Waals surface area contributed by atoms with Crippen LogP contribution in [0.4, 0.5) is 0 Å². The zero-order chi connectivity index (χ0) is 10.7. The van der Waals surface area contributed by atoms with Crippen LogP contribution in [-0.2, 0) is 12.7 Å². The smallest absolute Gasteiger partial charge is 0.419 e. The second-order valence-electron chi connectivity index (χ2n) is 4.98. The Balaban J connectivity index is 4.05. The summed E-state index contributed by atoms with van der Waals surface area (Å²) in [6, 6.07) is 0. The van der Waals surface area contributed by atoms with Gasteiger partial charge in [0.05, 0.1) is 0 Å². The van der Waals surface area contributed by atoms with Crippen LogP contribution in [0, 0.1) is 0 Å². The van der Waals surface area contributed by atoms with Crippen LogP contribution in [0.15, 0.2) is 0 Å². The Kier molecular flexibility index (Phi) is 5.05. The van der Waals surface area contributed by atoms with Gasteiger partial charge in [0.1, 0.15) is 0 Å². The van der Waals surface area contributed by atoms with E-state index in [4.69, 9.17) is 12.7 Å². The lowest BCUT2D eigenvalue weighted by Crippen LogP contribution is -2.44. The lowest BCUT2D eigenvalue weighted by molar-refractivity contribution is 0.242. The number of rotatable bonds is 5. The van der Waals surface area contributed by atoms with Crippen molar-refractivity contribution in [1.82, 2.24) is 0 Å². The molecule has 0 aliphatic carbocycles. The molecule has 0 fully saturated rings. The van der Waals surface area contributed by atoms with Crippen LogP contribution < -0.4 is 0 Å². The monoisotopic (exact) mass is 238 g/mol. The molecule has 3 nitrogen and oxygen atoms in total. The first kappa shape index (κ1) is 13.5. The minimum atomic E-state index is -1.84. The van der Waals surface area contributed by atoms with Crippen LogP contribution in [0.2, 0.25) is 39.3 Å². The van der Waals surface area contributed by atoms with Gasteiger partial charge in [-0.3, -0.25) is 0 Å². The minimum Gasteiger partial charge on any atom is -0.419 e. The molecule has 0 heterocycles. The Labute approximate surface area is 85.6 Å². The normalized spacial score (nSPS) is 13.8. The summed E-state index contributed by atoms with van der Waals surface area (Å²) in [7, 11) is -3.18. The third-order valence-electron chi connectivity index (χ3n) is 1.09. The molecule has 0 saturated carbocycles. The predicted molar refractivity (Wildman–Crippen MR) is 63.0 cm³/mol. The highest BCUT2D eigenvalue weighted by Crippen LogP contribution is 2.11. The zero-order valence-electron chi connectivity index (χ0n) is 9.80. The second-order valence-corrected chi connectivity index (χ2v) is 16.4. The van der Waals surface area contributed by atoms with Crippen molar-refractivity contribution in [3.63, 3.8) is 0 Å². The molecule has 0 atom stereocenters. The lowest BCUT2D eigenvalue weighted by atomic mass is 11.8. The van der Waals surface area contributed by atoms with Crippen molar-refractivity contribution in [1.29, 1.82) is 0 Å². The summed E-state index contributed by atoms with van der Waals surface area (Å²) < 4.78 is 16.9. The lowest BCUT2D eigenvalue weighted by Gasteiger charge is -2.28. The van der Waals surface area contributed by atoms with E-state index in [2.05, 4.69) is 39.3 Å². The molecule has 0 amide bonds. The van der Waals surface area contributed by atoms with Crippen LogP contribution in [-0.4, -0.2) is 33.3 Å². The van der Waals surface area contributed by atoms with Gasteiger partial charge in [0, 0.05) is 7.11 Å². The average molecular weight is 239 g/mol. The van der Waals surface area contributed by atoms with E-state index in [0.29, 0.717) is 0 Å². The maximum Gasteiger partial charge on any atom is 0.462 e. The largest absolute Gasteiger partial charge is 0.462 e. The molecule has 0 aliphatic heterocycles. The molecule has 0 aromatic carbocycles. The molecule has 0 aliphatic rings.